The summed E-state index contributed by atoms with van der Waals surface area (Å²) in [6.07, 6.45) is 1.88. The lowest BCUT2D eigenvalue weighted by Crippen LogP contribution is -2.48. The third-order valence-electron chi connectivity index (χ3n) is 7.72. The molecule has 1 aliphatic rings. The zero-order chi connectivity index (χ0) is 27.2. The number of fused-ring (bicyclic) bond motifs is 1. The van der Waals surface area contributed by atoms with Gasteiger partial charge in [-0.3, -0.25) is 0 Å². The van der Waals surface area contributed by atoms with Crippen LogP contribution in [0.2, 0.25) is 0 Å². The first-order chi connectivity index (χ1) is 19.0. The molecule has 39 heavy (non-hydrogen) atoms. The van der Waals surface area contributed by atoms with E-state index in [0.29, 0.717) is 13.2 Å². The molecule has 1 heterocycles. The number of hydrogen-bond donors (Lipinski definition) is 0. The summed E-state index contributed by atoms with van der Waals surface area (Å²) < 4.78 is 24.8. The first-order valence-corrected chi connectivity index (χ1v) is 13.5. The average molecular weight is 525 g/mol. The van der Waals surface area contributed by atoms with Gasteiger partial charge >= 0.3 is 0 Å². The highest BCUT2D eigenvalue weighted by atomic mass is 16.5. The predicted molar refractivity (Wildman–Crippen MR) is 155 cm³/mol. The fourth-order valence-corrected chi connectivity index (χ4v) is 5.37. The molecule has 0 saturated carbocycles. The van der Waals surface area contributed by atoms with Crippen LogP contribution in [0.4, 0.5) is 0 Å². The number of quaternary nitrogens is 1. The summed E-state index contributed by atoms with van der Waals surface area (Å²) in [6.45, 7) is 2.06. The van der Waals surface area contributed by atoms with E-state index in [1.54, 1.807) is 14.2 Å². The van der Waals surface area contributed by atoms with E-state index in [9.17, 15) is 0 Å². The lowest BCUT2D eigenvalue weighted by Gasteiger charge is -2.43. The number of likely N-dealkylation sites (N-methyl/N-ethyl adjacent to an activating group) is 1. The van der Waals surface area contributed by atoms with Crippen molar-refractivity contribution in [3.8, 4) is 23.0 Å². The minimum atomic E-state index is 0.263. The Morgan fingerprint density at radius 3 is 1.85 bits per heavy atom. The fraction of sp³-hybridized carbons (Fsp3) is 0.294. The standard InChI is InChI=1S/C34H38NO4/c1-35(2)18-17-28-21-33(37-4)34(39-24-26-13-9-6-10-14-26)22-29(28)30(35)19-27-15-16-31(32(20-27)36-3)38-23-25-11-7-5-8-12-25/h5-16,20-22,30H,17-19,23-24H2,1-4H3/q+1/t30-/m0/s1. The molecule has 0 amide bonds. The molecule has 1 aliphatic heterocycles. The molecule has 1 atom stereocenters. The molecule has 4 aromatic rings. The van der Waals surface area contributed by atoms with Gasteiger partial charge in [0.05, 0.1) is 34.9 Å². The van der Waals surface area contributed by atoms with Crippen LogP contribution in [-0.2, 0) is 26.1 Å². The van der Waals surface area contributed by atoms with Crippen molar-refractivity contribution in [3.05, 3.63) is 119 Å². The van der Waals surface area contributed by atoms with Crippen LogP contribution in [0.1, 0.15) is 33.9 Å². The van der Waals surface area contributed by atoms with Crippen LogP contribution in [0.25, 0.3) is 0 Å². The Kier molecular flexibility index (Phi) is 8.08. The maximum absolute atomic E-state index is 6.29. The molecule has 0 unspecified atom stereocenters. The topological polar surface area (TPSA) is 36.9 Å². The van der Waals surface area contributed by atoms with E-state index in [2.05, 4.69) is 62.6 Å². The van der Waals surface area contributed by atoms with Crippen molar-refractivity contribution < 1.29 is 23.4 Å². The predicted octanol–water partition coefficient (Wildman–Crippen LogP) is 6.78. The second kappa shape index (κ2) is 11.8. The molecule has 0 spiro atoms. The summed E-state index contributed by atoms with van der Waals surface area (Å²) in [5.41, 5.74) is 6.12. The van der Waals surface area contributed by atoms with Crippen LogP contribution >= 0.6 is 0 Å². The maximum Gasteiger partial charge on any atom is 0.162 e. The van der Waals surface area contributed by atoms with E-state index in [-0.39, 0.29) is 6.04 Å². The molecule has 4 aromatic carbocycles. The second-order valence-electron chi connectivity index (χ2n) is 10.7. The van der Waals surface area contributed by atoms with Gasteiger partial charge in [-0.05, 0) is 46.5 Å². The number of methoxy groups -OCH3 is 2. The molecule has 0 radical (unpaired) electrons. The van der Waals surface area contributed by atoms with Gasteiger partial charge in [0.2, 0.25) is 0 Å². The second-order valence-corrected chi connectivity index (χ2v) is 10.7. The highest BCUT2D eigenvalue weighted by Gasteiger charge is 2.37. The molecule has 202 valence electrons. The van der Waals surface area contributed by atoms with Crippen molar-refractivity contribution in [2.24, 2.45) is 0 Å². The van der Waals surface area contributed by atoms with Crippen LogP contribution < -0.4 is 18.9 Å². The third-order valence-corrected chi connectivity index (χ3v) is 7.72. The molecule has 0 saturated heterocycles. The molecular formula is C34H38NO4+. The Morgan fingerprint density at radius 2 is 1.23 bits per heavy atom. The number of rotatable bonds is 10. The third kappa shape index (κ3) is 6.21. The average Bonchev–Trinajstić information content (AvgIpc) is 2.97. The zero-order valence-electron chi connectivity index (χ0n) is 23.4. The first-order valence-electron chi connectivity index (χ1n) is 13.5. The number of ether oxygens (including phenoxy) is 4. The van der Waals surface area contributed by atoms with Gasteiger partial charge in [-0.2, -0.15) is 0 Å². The van der Waals surface area contributed by atoms with E-state index >= 15 is 0 Å². The van der Waals surface area contributed by atoms with Gasteiger partial charge in [0.25, 0.3) is 0 Å². The molecule has 5 rings (SSSR count). The Bertz CT molecular complexity index is 1390. The Labute approximate surface area is 232 Å². The normalized spacial score (nSPS) is 15.7. The van der Waals surface area contributed by atoms with Gasteiger partial charge < -0.3 is 23.4 Å². The van der Waals surface area contributed by atoms with E-state index in [1.807, 2.05) is 42.5 Å². The van der Waals surface area contributed by atoms with Crippen molar-refractivity contribution in [1.82, 2.24) is 0 Å². The summed E-state index contributed by atoms with van der Waals surface area (Å²) >= 11 is 0. The highest BCUT2D eigenvalue weighted by molar-refractivity contribution is 5.50. The molecular weight excluding hydrogens is 486 g/mol. The SMILES string of the molecule is COc1cc(C[C@H]2c3cc(OCc4ccccc4)c(OC)cc3CC[N+]2(C)C)ccc1OCc1ccccc1. The van der Waals surface area contributed by atoms with E-state index < -0.39 is 0 Å². The molecule has 0 aliphatic carbocycles. The molecule has 0 aromatic heterocycles. The molecule has 0 fully saturated rings. The van der Waals surface area contributed by atoms with E-state index in [0.717, 1.165) is 58.0 Å². The fourth-order valence-electron chi connectivity index (χ4n) is 5.37. The smallest absolute Gasteiger partial charge is 0.162 e. The summed E-state index contributed by atoms with van der Waals surface area (Å²) in [6, 6.07) is 31.4. The summed E-state index contributed by atoms with van der Waals surface area (Å²) in [5.74, 6) is 3.09. The van der Waals surface area contributed by atoms with Gasteiger partial charge in [0.1, 0.15) is 19.3 Å². The molecule has 5 heteroatoms. The van der Waals surface area contributed by atoms with Crippen molar-refractivity contribution in [2.75, 3.05) is 34.9 Å². The Hall–Kier alpha value is -3.96. The van der Waals surface area contributed by atoms with Gasteiger partial charge in [-0.15, -0.1) is 0 Å². The van der Waals surface area contributed by atoms with Crippen LogP contribution in [0, 0.1) is 0 Å². The maximum atomic E-state index is 6.29. The minimum absolute atomic E-state index is 0.263. The van der Waals surface area contributed by atoms with Gasteiger partial charge in [0, 0.05) is 18.4 Å². The number of hydrogen-bond acceptors (Lipinski definition) is 4. The van der Waals surface area contributed by atoms with Crippen molar-refractivity contribution in [3.63, 3.8) is 0 Å². The molecule has 0 bridgehead atoms. The number of nitrogens with zero attached hydrogens (tertiary/aromatic N) is 1. The lowest BCUT2D eigenvalue weighted by molar-refractivity contribution is -0.923. The zero-order valence-corrected chi connectivity index (χ0v) is 23.4. The summed E-state index contributed by atoms with van der Waals surface area (Å²) in [5, 5.41) is 0. The first kappa shape index (κ1) is 26.6. The molecule has 5 nitrogen and oxygen atoms in total. The van der Waals surface area contributed by atoms with Gasteiger partial charge in [-0.1, -0.05) is 66.7 Å². The quantitative estimate of drug-likeness (QED) is 0.214. The van der Waals surface area contributed by atoms with E-state index in [4.69, 9.17) is 18.9 Å². The highest BCUT2D eigenvalue weighted by Crippen LogP contribution is 2.42. The van der Waals surface area contributed by atoms with Crippen molar-refractivity contribution >= 4 is 0 Å². The monoisotopic (exact) mass is 524 g/mol. The largest absolute Gasteiger partial charge is 0.493 e. The Balaban J connectivity index is 1.40. The summed E-state index contributed by atoms with van der Waals surface area (Å²) in [4.78, 5) is 0. The lowest BCUT2D eigenvalue weighted by atomic mass is 9.87. The van der Waals surface area contributed by atoms with Crippen LogP contribution in [0.3, 0.4) is 0 Å². The Morgan fingerprint density at radius 1 is 0.641 bits per heavy atom. The van der Waals surface area contributed by atoms with Crippen molar-refractivity contribution in [2.45, 2.75) is 32.1 Å². The van der Waals surface area contributed by atoms with Crippen LogP contribution in [0.15, 0.2) is 91.0 Å². The van der Waals surface area contributed by atoms with Crippen LogP contribution in [0.5, 0.6) is 23.0 Å². The molecule has 0 N–H and O–H groups in total. The van der Waals surface area contributed by atoms with Crippen LogP contribution in [-0.4, -0.2) is 39.3 Å². The van der Waals surface area contributed by atoms with Gasteiger partial charge in [-0.25, -0.2) is 0 Å². The van der Waals surface area contributed by atoms with E-state index in [1.165, 1.54) is 16.7 Å². The minimum Gasteiger partial charge on any atom is -0.493 e. The van der Waals surface area contributed by atoms with Gasteiger partial charge in [0.15, 0.2) is 23.0 Å². The summed E-state index contributed by atoms with van der Waals surface area (Å²) in [7, 11) is 8.05. The number of benzene rings is 4. The van der Waals surface area contributed by atoms with Crippen molar-refractivity contribution in [1.29, 1.82) is 0 Å².